The summed E-state index contributed by atoms with van der Waals surface area (Å²) in [5, 5.41) is 0. The van der Waals surface area contributed by atoms with E-state index in [1.807, 2.05) is 0 Å². The Bertz CT molecular complexity index is 158. The van der Waals surface area contributed by atoms with E-state index in [2.05, 4.69) is 36.4 Å². The third-order valence-corrected chi connectivity index (χ3v) is 2.39. The van der Waals surface area contributed by atoms with E-state index in [9.17, 15) is 0 Å². The van der Waals surface area contributed by atoms with E-state index in [0.29, 0.717) is 0 Å². The van der Waals surface area contributed by atoms with Gasteiger partial charge in [-0.05, 0) is 25.2 Å². The molecule has 74 valence electrons. The smallest absolute Gasteiger partial charge is 0.0219 e. The molecule has 1 heterocycles. The van der Waals surface area contributed by atoms with E-state index in [4.69, 9.17) is 0 Å². The Labute approximate surface area is 82.1 Å². The molecule has 1 nitrogen and oxygen atoms in total. The minimum atomic E-state index is 1.10. The second kappa shape index (κ2) is 6.76. The SMILES string of the molecule is CCCCCCCN1C=CCC=C1. The van der Waals surface area contributed by atoms with Gasteiger partial charge in [-0.15, -0.1) is 0 Å². The molecule has 0 atom stereocenters. The first-order valence-electron chi connectivity index (χ1n) is 5.52. The third kappa shape index (κ3) is 4.76. The van der Waals surface area contributed by atoms with E-state index in [-0.39, 0.29) is 0 Å². The molecule has 1 aliphatic heterocycles. The van der Waals surface area contributed by atoms with Crippen molar-refractivity contribution in [1.29, 1.82) is 0 Å². The summed E-state index contributed by atoms with van der Waals surface area (Å²) >= 11 is 0. The minimum absolute atomic E-state index is 1.10. The van der Waals surface area contributed by atoms with Crippen LogP contribution in [0.3, 0.4) is 0 Å². The molecule has 1 aliphatic rings. The summed E-state index contributed by atoms with van der Waals surface area (Å²) < 4.78 is 0. The van der Waals surface area contributed by atoms with E-state index in [1.165, 1.54) is 38.6 Å². The lowest BCUT2D eigenvalue weighted by Crippen LogP contribution is -2.12. The van der Waals surface area contributed by atoms with Crippen molar-refractivity contribution in [2.24, 2.45) is 0 Å². The molecular formula is C12H21N. The Morgan fingerprint density at radius 1 is 1.00 bits per heavy atom. The van der Waals surface area contributed by atoms with Crippen LogP contribution in [0.5, 0.6) is 0 Å². The van der Waals surface area contributed by atoms with Crippen LogP contribution in [0.4, 0.5) is 0 Å². The lowest BCUT2D eigenvalue weighted by Gasteiger charge is -2.17. The first-order valence-corrected chi connectivity index (χ1v) is 5.52. The molecule has 1 heteroatoms. The molecule has 0 fully saturated rings. The fraction of sp³-hybridized carbons (Fsp3) is 0.667. The van der Waals surface area contributed by atoms with Crippen molar-refractivity contribution in [2.45, 2.75) is 45.4 Å². The summed E-state index contributed by atoms with van der Waals surface area (Å²) in [6.07, 6.45) is 16.8. The van der Waals surface area contributed by atoms with Crippen molar-refractivity contribution < 1.29 is 0 Å². The molecular weight excluding hydrogens is 158 g/mol. The van der Waals surface area contributed by atoms with Gasteiger partial charge in [0.1, 0.15) is 0 Å². The van der Waals surface area contributed by atoms with Gasteiger partial charge in [-0.1, -0.05) is 44.8 Å². The molecule has 0 aromatic heterocycles. The predicted octanol–water partition coefficient (Wildman–Crippen LogP) is 3.69. The molecule has 0 amide bonds. The molecule has 0 unspecified atom stereocenters. The van der Waals surface area contributed by atoms with Crippen molar-refractivity contribution in [3.63, 3.8) is 0 Å². The molecule has 13 heavy (non-hydrogen) atoms. The molecule has 1 rings (SSSR count). The van der Waals surface area contributed by atoms with Crippen LogP contribution >= 0.6 is 0 Å². The van der Waals surface area contributed by atoms with Crippen molar-refractivity contribution in [1.82, 2.24) is 4.90 Å². The van der Waals surface area contributed by atoms with Gasteiger partial charge in [-0.25, -0.2) is 0 Å². The van der Waals surface area contributed by atoms with Gasteiger partial charge in [0, 0.05) is 6.54 Å². The van der Waals surface area contributed by atoms with Gasteiger partial charge < -0.3 is 4.90 Å². The number of allylic oxidation sites excluding steroid dienone is 2. The Balaban J connectivity index is 1.96. The van der Waals surface area contributed by atoms with Crippen molar-refractivity contribution >= 4 is 0 Å². The zero-order chi connectivity index (χ0) is 9.36. The van der Waals surface area contributed by atoms with E-state index in [1.54, 1.807) is 0 Å². The standard InChI is InChI=1S/C12H21N/c1-2-3-4-5-7-10-13-11-8-6-9-12-13/h8-9,11-12H,2-7,10H2,1H3. The fourth-order valence-corrected chi connectivity index (χ4v) is 1.57. The first-order chi connectivity index (χ1) is 6.43. The maximum absolute atomic E-state index is 2.29. The number of rotatable bonds is 6. The Kier molecular flexibility index (Phi) is 5.39. The van der Waals surface area contributed by atoms with Gasteiger partial charge in [0.05, 0.1) is 0 Å². The van der Waals surface area contributed by atoms with Gasteiger partial charge in [0.2, 0.25) is 0 Å². The Hall–Kier alpha value is -0.720. The second-order valence-corrected chi connectivity index (χ2v) is 3.66. The number of unbranched alkanes of at least 4 members (excludes halogenated alkanes) is 4. The average molecular weight is 179 g/mol. The summed E-state index contributed by atoms with van der Waals surface area (Å²) in [5.74, 6) is 0. The Morgan fingerprint density at radius 2 is 1.69 bits per heavy atom. The van der Waals surface area contributed by atoms with Crippen LogP contribution < -0.4 is 0 Å². The molecule has 0 spiro atoms. The van der Waals surface area contributed by atoms with Crippen LogP contribution in [0, 0.1) is 0 Å². The molecule has 0 saturated carbocycles. The van der Waals surface area contributed by atoms with Gasteiger partial charge in [-0.3, -0.25) is 0 Å². The quantitative estimate of drug-likeness (QED) is 0.562. The van der Waals surface area contributed by atoms with E-state index < -0.39 is 0 Å². The largest absolute Gasteiger partial charge is 0.355 e. The summed E-state index contributed by atoms with van der Waals surface area (Å²) in [4.78, 5) is 2.29. The number of nitrogens with zero attached hydrogens (tertiary/aromatic N) is 1. The van der Waals surface area contributed by atoms with Crippen LogP contribution in [0.1, 0.15) is 45.4 Å². The lowest BCUT2D eigenvalue weighted by atomic mass is 10.1. The van der Waals surface area contributed by atoms with Crippen LogP contribution in [-0.2, 0) is 0 Å². The highest BCUT2D eigenvalue weighted by molar-refractivity contribution is 5.01. The first kappa shape index (κ1) is 10.4. The van der Waals surface area contributed by atoms with Crippen molar-refractivity contribution in [3.8, 4) is 0 Å². The number of hydrogen-bond acceptors (Lipinski definition) is 1. The normalized spacial score (nSPS) is 15.3. The highest BCUT2D eigenvalue weighted by Crippen LogP contribution is 2.07. The summed E-state index contributed by atoms with van der Waals surface area (Å²) in [6.45, 7) is 3.45. The second-order valence-electron chi connectivity index (χ2n) is 3.66. The zero-order valence-corrected chi connectivity index (χ0v) is 8.71. The molecule has 0 N–H and O–H groups in total. The van der Waals surface area contributed by atoms with Crippen molar-refractivity contribution in [3.05, 3.63) is 24.6 Å². The topological polar surface area (TPSA) is 3.24 Å². The van der Waals surface area contributed by atoms with Gasteiger partial charge in [0.15, 0.2) is 0 Å². The van der Waals surface area contributed by atoms with Crippen LogP contribution in [0.25, 0.3) is 0 Å². The summed E-state index contributed by atoms with van der Waals surface area (Å²) in [7, 11) is 0. The maximum Gasteiger partial charge on any atom is 0.0219 e. The Morgan fingerprint density at radius 3 is 2.38 bits per heavy atom. The molecule has 0 aromatic rings. The van der Waals surface area contributed by atoms with Crippen LogP contribution in [0.15, 0.2) is 24.6 Å². The predicted molar refractivity (Wildman–Crippen MR) is 58.4 cm³/mol. The lowest BCUT2D eigenvalue weighted by molar-refractivity contribution is 0.462. The van der Waals surface area contributed by atoms with E-state index >= 15 is 0 Å². The number of hydrogen-bond donors (Lipinski definition) is 0. The molecule has 0 radical (unpaired) electrons. The summed E-state index contributed by atoms with van der Waals surface area (Å²) in [6, 6.07) is 0. The summed E-state index contributed by atoms with van der Waals surface area (Å²) in [5.41, 5.74) is 0. The third-order valence-electron chi connectivity index (χ3n) is 2.39. The molecule has 0 saturated heterocycles. The maximum atomic E-state index is 2.29. The monoisotopic (exact) mass is 179 g/mol. The molecule has 0 aromatic carbocycles. The fourth-order valence-electron chi connectivity index (χ4n) is 1.57. The van der Waals surface area contributed by atoms with Crippen LogP contribution in [0.2, 0.25) is 0 Å². The van der Waals surface area contributed by atoms with Crippen molar-refractivity contribution in [2.75, 3.05) is 6.54 Å². The van der Waals surface area contributed by atoms with E-state index in [0.717, 1.165) is 6.42 Å². The molecule has 0 bridgehead atoms. The minimum Gasteiger partial charge on any atom is -0.355 e. The van der Waals surface area contributed by atoms with Gasteiger partial charge in [-0.2, -0.15) is 0 Å². The highest BCUT2D eigenvalue weighted by atomic mass is 15.1. The van der Waals surface area contributed by atoms with Gasteiger partial charge >= 0.3 is 0 Å². The highest BCUT2D eigenvalue weighted by Gasteiger charge is 1.96. The van der Waals surface area contributed by atoms with Crippen LogP contribution in [-0.4, -0.2) is 11.4 Å². The molecule has 0 aliphatic carbocycles. The van der Waals surface area contributed by atoms with Gasteiger partial charge in [0.25, 0.3) is 0 Å². The zero-order valence-electron chi connectivity index (χ0n) is 8.71. The average Bonchev–Trinajstić information content (AvgIpc) is 2.19.